The lowest BCUT2D eigenvalue weighted by atomic mass is 9.66. The monoisotopic (exact) mass is 382 g/mol. The molecule has 1 saturated heterocycles. The maximum Gasteiger partial charge on any atom is 0.223 e. The molecule has 144 valence electrons. The molecule has 1 aromatic carbocycles. The lowest BCUT2D eigenvalue weighted by Gasteiger charge is -2.43. The Morgan fingerprint density at radius 1 is 1.38 bits per heavy atom. The van der Waals surface area contributed by atoms with Gasteiger partial charge in [0, 0.05) is 29.6 Å². The first kappa shape index (κ1) is 19.6. The molecule has 4 nitrogen and oxygen atoms in total. The summed E-state index contributed by atoms with van der Waals surface area (Å²) in [4.78, 5) is 14.4. The number of aliphatic hydroxyl groups is 1. The molecule has 1 heterocycles. The van der Waals surface area contributed by atoms with Gasteiger partial charge in [-0.05, 0) is 62.4 Å². The van der Waals surface area contributed by atoms with Crippen LogP contribution in [0.25, 0.3) is 0 Å². The predicted octanol–water partition coefficient (Wildman–Crippen LogP) is 3.44. The highest BCUT2D eigenvalue weighted by Gasteiger charge is 2.48. The number of likely N-dealkylation sites (tertiary alicyclic amines) is 1. The van der Waals surface area contributed by atoms with Gasteiger partial charge in [0.05, 0.1) is 5.60 Å². The Morgan fingerprint density at radius 2 is 2.04 bits per heavy atom. The smallest absolute Gasteiger partial charge is 0.223 e. The molecule has 26 heavy (non-hydrogen) atoms. The van der Waals surface area contributed by atoms with Crippen molar-refractivity contribution in [3.8, 4) is 0 Å². The van der Waals surface area contributed by atoms with Gasteiger partial charge in [0.25, 0.3) is 0 Å². The first-order valence-corrected chi connectivity index (χ1v) is 9.87. The van der Waals surface area contributed by atoms with Gasteiger partial charge in [-0.3, -0.25) is 9.69 Å². The van der Waals surface area contributed by atoms with Gasteiger partial charge < -0.3 is 10.4 Å². The highest BCUT2D eigenvalue weighted by Crippen LogP contribution is 2.47. The maximum atomic E-state index is 14.7. The summed E-state index contributed by atoms with van der Waals surface area (Å²) in [6.07, 6.45) is 2.79. The molecule has 0 spiro atoms. The quantitative estimate of drug-likeness (QED) is 0.792. The van der Waals surface area contributed by atoms with Gasteiger partial charge in [-0.15, -0.1) is 0 Å². The van der Waals surface area contributed by atoms with E-state index in [1.165, 1.54) is 6.07 Å². The molecule has 1 aliphatic heterocycles. The standard InChI is InChI=1S/C20H28ClFN2O2/c1-13(2)11-23-19(25)15-9-20(26,10-15)16-8-17(21)14(7-18(16)22)12-24-5-3-4-6-24/h7-8,13,15,26H,3-6,9-12H2,1-2H3,(H,23,25). The van der Waals surface area contributed by atoms with Crippen LogP contribution in [-0.2, 0) is 16.9 Å². The largest absolute Gasteiger partial charge is 0.385 e. The van der Waals surface area contributed by atoms with Gasteiger partial charge in [-0.1, -0.05) is 25.4 Å². The van der Waals surface area contributed by atoms with E-state index in [1.54, 1.807) is 6.07 Å². The fourth-order valence-corrected chi connectivity index (χ4v) is 4.08. The molecule has 2 N–H and O–H groups in total. The van der Waals surface area contributed by atoms with Crippen molar-refractivity contribution < 1.29 is 14.3 Å². The second-order valence-electron chi connectivity index (χ2n) is 8.18. The van der Waals surface area contributed by atoms with Crippen LogP contribution >= 0.6 is 11.6 Å². The molecule has 1 aliphatic carbocycles. The summed E-state index contributed by atoms with van der Waals surface area (Å²) in [5.41, 5.74) is -0.343. The lowest BCUT2D eigenvalue weighted by Crippen LogP contribution is -2.49. The van der Waals surface area contributed by atoms with Gasteiger partial charge in [0.2, 0.25) is 5.91 Å². The Balaban J connectivity index is 1.66. The number of rotatable bonds is 6. The molecule has 0 unspecified atom stereocenters. The van der Waals surface area contributed by atoms with E-state index >= 15 is 0 Å². The number of nitrogens with zero attached hydrogens (tertiary/aromatic N) is 1. The number of carbonyl (C=O) groups is 1. The van der Waals surface area contributed by atoms with Crippen molar-refractivity contribution in [1.29, 1.82) is 0 Å². The van der Waals surface area contributed by atoms with Crippen LogP contribution in [0.3, 0.4) is 0 Å². The van der Waals surface area contributed by atoms with Crippen LogP contribution in [0.15, 0.2) is 12.1 Å². The van der Waals surface area contributed by atoms with E-state index in [0.29, 0.717) is 24.0 Å². The van der Waals surface area contributed by atoms with Crippen molar-refractivity contribution in [2.24, 2.45) is 11.8 Å². The number of hydrogen-bond donors (Lipinski definition) is 2. The molecule has 0 atom stereocenters. The molecule has 1 amide bonds. The SMILES string of the molecule is CC(C)CNC(=O)C1CC(O)(c2cc(Cl)c(CN3CCCC3)cc2F)C1. The molecule has 2 fully saturated rings. The van der Waals surface area contributed by atoms with E-state index < -0.39 is 11.4 Å². The van der Waals surface area contributed by atoms with Crippen LogP contribution < -0.4 is 5.32 Å². The topological polar surface area (TPSA) is 52.6 Å². The predicted molar refractivity (Wildman–Crippen MR) is 100 cm³/mol. The van der Waals surface area contributed by atoms with Gasteiger partial charge in [-0.2, -0.15) is 0 Å². The summed E-state index contributed by atoms with van der Waals surface area (Å²) in [6.45, 7) is 7.32. The summed E-state index contributed by atoms with van der Waals surface area (Å²) in [5, 5.41) is 14.1. The number of halogens is 2. The zero-order valence-electron chi connectivity index (χ0n) is 15.5. The van der Waals surface area contributed by atoms with Gasteiger partial charge >= 0.3 is 0 Å². The van der Waals surface area contributed by atoms with E-state index in [2.05, 4.69) is 10.2 Å². The minimum Gasteiger partial charge on any atom is -0.385 e. The van der Waals surface area contributed by atoms with Crippen molar-refractivity contribution in [2.45, 2.75) is 51.7 Å². The highest BCUT2D eigenvalue weighted by molar-refractivity contribution is 6.31. The maximum absolute atomic E-state index is 14.7. The second-order valence-corrected chi connectivity index (χ2v) is 8.59. The number of hydrogen-bond acceptors (Lipinski definition) is 3. The van der Waals surface area contributed by atoms with Crippen molar-refractivity contribution in [3.63, 3.8) is 0 Å². The Hall–Kier alpha value is -1.17. The van der Waals surface area contributed by atoms with Gasteiger partial charge in [0.1, 0.15) is 5.82 Å². The molecule has 3 rings (SSSR count). The molecular weight excluding hydrogens is 355 g/mol. The van der Waals surface area contributed by atoms with Gasteiger partial charge in [-0.25, -0.2) is 4.39 Å². The van der Waals surface area contributed by atoms with Crippen molar-refractivity contribution in [3.05, 3.63) is 34.1 Å². The minimum atomic E-state index is -1.31. The fourth-order valence-electron chi connectivity index (χ4n) is 3.86. The average Bonchev–Trinajstić information content (AvgIpc) is 3.05. The number of benzene rings is 1. The van der Waals surface area contributed by atoms with E-state index in [0.717, 1.165) is 31.5 Å². The molecule has 2 aliphatic rings. The Bertz CT molecular complexity index is 668. The molecule has 1 saturated carbocycles. The Labute approximate surface area is 159 Å². The zero-order valence-corrected chi connectivity index (χ0v) is 16.3. The fraction of sp³-hybridized carbons (Fsp3) is 0.650. The van der Waals surface area contributed by atoms with E-state index in [1.807, 2.05) is 13.8 Å². The van der Waals surface area contributed by atoms with Crippen LogP contribution in [0.5, 0.6) is 0 Å². The van der Waals surface area contributed by atoms with E-state index in [-0.39, 0.29) is 30.2 Å². The number of carbonyl (C=O) groups excluding carboxylic acids is 1. The number of nitrogens with one attached hydrogen (secondary N) is 1. The second kappa shape index (κ2) is 7.83. The van der Waals surface area contributed by atoms with Crippen LogP contribution in [0.2, 0.25) is 5.02 Å². The van der Waals surface area contributed by atoms with Gasteiger partial charge in [0.15, 0.2) is 0 Å². The van der Waals surface area contributed by atoms with Crippen LogP contribution in [0.4, 0.5) is 4.39 Å². The summed E-state index contributed by atoms with van der Waals surface area (Å²) >= 11 is 6.37. The zero-order chi connectivity index (χ0) is 18.9. The van der Waals surface area contributed by atoms with Crippen molar-refractivity contribution in [1.82, 2.24) is 10.2 Å². The highest BCUT2D eigenvalue weighted by atomic mass is 35.5. The Kier molecular flexibility index (Phi) is 5.90. The number of amides is 1. The lowest BCUT2D eigenvalue weighted by molar-refractivity contribution is -0.143. The van der Waals surface area contributed by atoms with Crippen molar-refractivity contribution >= 4 is 17.5 Å². The van der Waals surface area contributed by atoms with Crippen LogP contribution in [-0.4, -0.2) is 35.5 Å². The summed E-state index contributed by atoms with van der Waals surface area (Å²) in [5.74, 6) is -0.411. The van der Waals surface area contributed by atoms with E-state index in [4.69, 9.17) is 11.6 Å². The first-order chi connectivity index (χ1) is 12.3. The normalized spacial score (nSPS) is 26.2. The minimum absolute atomic E-state index is 0.0690. The molecule has 6 heteroatoms. The molecule has 1 aromatic rings. The summed E-state index contributed by atoms with van der Waals surface area (Å²) in [7, 11) is 0. The molecular formula is C20H28ClFN2O2. The van der Waals surface area contributed by atoms with Crippen LogP contribution in [0.1, 0.15) is 50.7 Å². The third-order valence-electron chi connectivity index (χ3n) is 5.45. The summed E-state index contributed by atoms with van der Waals surface area (Å²) in [6, 6.07) is 2.99. The first-order valence-electron chi connectivity index (χ1n) is 9.49. The summed E-state index contributed by atoms with van der Waals surface area (Å²) < 4.78 is 14.7. The Morgan fingerprint density at radius 3 is 2.65 bits per heavy atom. The average molecular weight is 383 g/mol. The van der Waals surface area contributed by atoms with E-state index in [9.17, 15) is 14.3 Å². The molecule has 0 bridgehead atoms. The van der Waals surface area contributed by atoms with Crippen molar-refractivity contribution in [2.75, 3.05) is 19.6 Å². The third kappa shape index (κ3) is 4.21. The third-order valence-corrected chi connectivity index (χ3v) is 5.81. The van der Waals surface area contributed by atoms with Crippen LogP contribution in [0, 0.1) is 17.7 Å². The molecule has 0 aromatic heterocycles. The molecule has 0 radical (unpaired) electrons.